The van der Waals surface area contributed by atoms with Crippen molar-refractivity contribution < 1.29 is 9.90 Å². The summed E-state index contributed by atoms with van der Waals surface area (Å²) in [6, 6.07) is 11.9. The molecule has 0 bridgehead atoms. The molecule has 0 aliphatic rings. The number of ketones is 1. The second-order valence-corrected chi connectivity index (χ2v) is 5.20. The molecule has 1 N–H and O–H groups in total. The molecule has 0 radical (unpaired) electrons. The van der Waals surface area contributed by atoms with Crippen molar-refractivity contribution in [1.29, 1.82) is 0 Å². The zero-order chi connectivity index (χ0) is 15.0. The average Bonchev–Trinajstić information content (AvgIpc) is 2.80. The molecule has 0 amide bonds. The minimum atomic E-state index is -0.0973. The molecule has 106 valence electrons. The fourth-order valence-corrected chi connectivity index (χ4v) is 2.92. The van der Waals surface area contributed by atoms with Crippen LogP contribution >= 0.6 is 11.6 Å². The van der Waals surface area contributed by atoms with Crippen LogP contribution in [0.3, 0.4) is 0 Å². The van der Waals surface area contributed by atoms with E-state index < -0.39 is 0 Å². The first kappa shape index (κ1) is 13.7. The Morgan fingerprint density at radius 3 is 2.57 bits per heavy atom. The van der Waals surface area contributed by atoms with Gasteiger partial charge in [-0.25, -0.2) is 0 Å². The number of fused-ring (bicyclic) bond motifs is 1. The molecule has 0 aliphatic heterocycles. The van der Waals surface area contributed by atoms with Crippen LogP contribution in [-0.4, -0.2) is 15.3 Å². The third-order valence-corrected chi connectivity index (χ3v) is 4.00. The van der Waals surface area contributed by atoms with Crippen molar-refractivity contribution in [3.05, 3.63) is 70.5 Å². The Hall–Kier alpha value is -2.26. The number of phenols is 1. The fourth-order valence-electron chi connectivity index (χ4n) is 2.54. The summed E-state index contributed by atoms with van der Waals surface area (Å²) in [6.07, 6.45) is 2.52. The number of hydrogen-bond donors (Lipinski definition) is 1. The minimum Gasteiger partial charge on any atom is -0.508 e. The van der Waals surface area contributed by atoms with Crippen LogP contribution in [0.25, 0.3) is 5.52 Å². The Morgan fingerprint density at radius 1 is 1.19 bits per heavy atom. The van der Waals surface area contributed by atoms with Crippen LogP contribution in [0.15, 0.2) is 48.7 Å². The Labute approximate surface area is 127 Å². The molecule has 2 aromatic heterocycles. The third kappa shape index (κ3) is 2.20. The van der Waals surface area contributed by atoms with E-state index in [4.69, 9.17) is 11.6 Å². The van der Waals surface area contributed by atoms with Crippen molar-refractivity contribution in [2.24, 2.45) is 0 Å². The number of halogens is 1. The quantitative estimate of drug-likeness (QED) is 0.740. The summed E-state index contributed by atoms with van der Waals surface area (Å²) < 4.78 is 1.83. The molecule has 3 nitrogen and oxygen atoms in total. The molecule has 0 saturated carbocycles. The van der Waals surface area contributed by atoms with Gasteiger partial charge in [0.25, 0.3) is 0 Å². The number of hydrogen-bond acceptors (Lipinski definition) is 2. The van der Waals surface area contributed by atoms with Crippen LogP contribution in [0.2, 0.25) is 5.02 Å². The first-order valence-corrected chi connectivity index (χ1v) is 7.12. The van der Waals surface area contributed by atoms with Crippen molar-refractivity contribution in [3.63, 3.8) is 0 Å². The van der Waals surface area contributed by atoms with Crippen molar-refractivity contribution in [3.8, 4) is 5.75 Å². The highest BCUT2D eigenvalue weighted by Crippen LogP contribution is 2.30. The highest BCUT2D eigenvalue weighted by Gasteiger charge is 2.21. The standard InChI is InChI=1S/C17H14ClNO2/c1-2-13-15(18)14-5-3-4-10-19(14)16(13)17(21)11-6-8-12(20)9-7-11/h3-10,20H,2H2,1H3. The Balaban J connectivity index is 2.24. The van der Waals surface area contributed by atoms with Gasteiger partial charge in [0.15, 0.2) is 0 Å². The van der Waals surface area contributed by atoms with Gasteiger partial charge in [-0.2, -0.15) is 0 Å². The summed E-state index contributed by atoms with van der Waals surface area (Å²) in [5.41, 5.74) is 2.80. The van der Waals surface area contributed by atoms with Gasteiger partial charge in [-0.05, 0) is 42.8 Å². The number of benzene rings is 1. The van der Waals surface area contributed by atoms with Gasteiger partial charge in [0.1, 0.15) is 5.75 Å². The number of carbonyl (C=O) groups is 1. The summed E-state index contributed by atoms with van der Waals surface area (Å²) in [5, 5.41) is 9.97. The van der Waals surface area contributed by atoms with Gasteiger partial charge in [-0.15, -0.1) is 0 Å². The zero-order valence-corrected chi connectivity index (χ0v) is 12.3. The number of aromatic hydroxyl groups is 1. The predicted molar refractivity (Wildman–Crippen MR) is 83.3 cm³/mol. The van der Waals surface area contributed by atoms with Crippen LogP contribution in [0.1, 0.15) is 28.5 Å². The smallest absolute Gasteiger partial charge is 0.210 e. The maximum Gasteiger partial charge on any atom is 0.210 e. The van der Waals surface area contributed by atoms with Gasteiger partial charge in [0.2, 0.25) is 5.78 Å². The topological polar surface area (TPSA) is 41.7 Å². The summed E-state index contributed by atoms with van der Waals surface area (Å²) in [7, 11) is 0. The molecule has 0 spiro atoms. The molecule has 0 fully saturated rings. The number of pyridine rings is 1. The Kier molecular flexibility index (Phi) is 3.43. The van der Waals surface area contributed by atoms with Crippen molar-refractivity contribution in [2.75, 3.05) is 0 Å². The molecule has 0 saturated heterocycles. The van der Waals surface area contributed by atoms with Gasteiger partial charge >= 0.3 is 0 Å². The normalized spacial score (nSPS) is 11.0. The molecule has 0 atom stereocenters. The van der Waals surface area contributed by atoms with Crippen molar-refractivity contribution >= 4 is 22.9 Å². The molecule has 21 heavy (non-hydrogen) atoms. The lowest BCUT2D eigenvalue weighted by atomic mass is 10.0. The van der Waals surface area contributed by atoms with Gasteiger partial charge in [0.05, 0.1) is 16.2 Å². The maximum atomic E-state index is 12.8. The molecular weight excluding hydrogens is 286 g/mol. The number of rotatable bonds is 3. The van der Waals surface area contributed by atoms with E-state index in [0.29, 0.717) is 22.7 Å². The predicted octanol–water partition coefficient (Wildman–Crippen LogP) is 4.09. The second-order valence-electron chi connectivity index (χ2n) is 4.83. The molecule has 1 aromatic carbocycles. The first-order chi connectivity index (χ1) is 10.1. The number of aromatic nitrogens is 1. The van der Waals surface area contributed by atoms with Gasteiger partial charge in [-0.1, -0.05) is 24.6 Å². The summed E-state index contributed by atoms with van der Waals surface area (Å²) in [4.78, 5) is 12.8. The fraction of sp³-hybridized carbons (Fsp3) is 0.118. The zero-order valence-electron chi connectivity index (χ0n) is 11.5. The third-order valence-electron chi connectivity index (χ3n) is 3.57. The maximum absolute atomic E-state index is 12.8. The second kappa shape index (κ2) is 5.26. The molecule has 3 aromatic rings. The van der Waals surface area contributed by atoms with E-state index in [1.807, 2.05) is 35.7 Å². The largest absolute Gasteiger partial charge is 0.508 e. The van der Waals surface area contributed by atoms with E-state index in [2.05, 4.69) is 0 Å². The molecule has 4 heteroatoms. The van der Waals surface area contributed by atoms with Crippen molar-refractivity contribution in [2.45, 2.75) is 13.3 Å². The Bertz CT molecular complexity index is 819. The Morgan fingerprint density at radius 2 is 1.90 bits per heavy atom. The van der Waals surface area contributed by atoms with Crippen LogP contribution in [0.5, 0.6) is 5.75 Å². The van der Waals surface area contributed by atoms with E-state index in [1.54, 1.807) is 12.1 Å². The number of phenolic OH excluding ortho intramolecular Hbond substituents is 1. The van der Waals surface area contributed by atoms with E-state index >= 15 is 0 Å². The van der Waals surface area contributed by atoms with Crippen LogP contribution in [0.4, 0.5) is 0 Å². The number of nitrogens with zero attached hydrogens (tertiary/aromatic N) is 1. The van der Waals surface area contributed by atoms with Crippen LogP contribution in [-0.2, 0) is 6.42 Å². The summed E-state index contributed by atoms with van der Waals surface area (Å²) in [6.45, 7) is 1.98. The van der Waals surface area contributed by atoms with Crippen molar-refractivity contribution in [1.82, 2.24) is 4.40 Å². The van der Waals surface area contributed by atoms with Gasteiger partial charge in [-0.3, -0.25) is 4.79 Å². The average molecular weight is 300 g/mol. The first-order valence-electron chi connectivity index (χ1n) is 6.74. The van der Waals surface area contributed by atoms with E-state index in [0.717, 1.165) is 11.1 Å². The van der Waals surface area contributed by atoms with E-state index in [1.165, 1.54) is 12.1 Å². The van der Waals surface area contributed by atoms with Crippen LogP contribution < -0.4 is 0 Å². The van der Waals surface area contributed by atoms with E-state index in [-0.39, 0.29) is 11.5 Å². The van der Waals surface area contributed by atoms with Gasteiger partial charge < -0.3 is 9.51 Å². The lowest BCUT2D eigenvalue weighted by Gasteiger charge is -2.05. The highest BCUT2D eigenvalue weighted by atomic mass is 35.5. The highest BCUT2D eigenvalue weighted by molar-refractivity contribution is 6.35. The molecular formula is C17H14ClNO2. The monoisotopic (exact) mass is 299 g/mol. The SMILES string of the molecule is CCc1c(Cl)c2ccccn2c1C(=O)c1ccc(O)cc1. The van der Waals surface area contributed by atoms with Crippen LogP contribution in [0, 0.1) is 0 Å². The minimum absolute atomic E-state index is 0.0973. The molecule has 0 unspecified atom stereocenters. The van der Waals surface area contributed by atoms with E-state index in [9.17, 15) is 9.90 Å². The molecule has 0 aliphatic carbocycles. The molecule has 2 heterocycles. The number of carbonyl (C=O) groups excluding carboxylic acids is 1. The van der Waals surface area contributed by atoms with Gasteiger partial charge in [0, 0.05) is 17.3 Å². The summed E-state index contributed by atoms with van der Waals surface area (Å²) in [5.74, 6) is 0.0419. The summed E-state index contributed by atoms with van der Waals surface area (Å²) >= 11 is 6.41. The molecule has 3 rings (SSSR count). The lowest BCUT2D eigenvalue weighted by molar-refractivity contribution is 0.103. The lowest BCUT2D eigenvalue weighted by Crippen LogP contribution is -2.07.